The van der Waals surface area contributed by atoms with Crippen LogP contribution in [0.4, 0.5) is 4.39 Å². The van der Waals surface area contributed by atoms with Crippen LogP contribution < -0.4 is 5.73 Å². The number of halogens is 1. The summed E-state index contributed by atoms with van der Waals surface area (Å²) in [5, 5.41) is 0. The molecule has 6 heteroatoms. The summed E-state index contributed by atoms with van der Waals surface area (Å²) in [4.78, 5) is 31.6. The number of primary amides is 1. The summed E-state index contributed by atoms with van der Waals surface area (Å²) in [6.45, 7) is 0. The molecular formula is C23H20FN3O2. The number of hydrogen-bond donors (Lipinski definition) is 1. The molecule has 2 amide bonds. The van der Waals surface area contributed by atoms with Crippen molar-refractivity contribution in [2.75, 3.05) is 0 Å². The van der Waals surface area contributed by atoms with Crippen LogP contribution in [0.25, 0.3) is 0 Å². The second-order valence-corrected chi connectivity index (χ2v) is 7.07. The smallest absolute Gasteiger partial charge is 0.256 e. The van der Waals surface area contributed by atoms with Gasteiger partial charge in [0, 0.05) is 12.4 Å². The number of carbonyl (C=O) groups excluding carboxylic acids is 2. The first-order chi connectivity index (χ1) is 14.1. The predicted molar refractivity (Wildman–Crippen MR) is 106 cm³/mol. The van der Waals surface area contributed by atoms with Crippen LogP contribution in [0.2, 0.25) is 0 Å². The van der Waals surface area contributed by atoms with Crippen LogP contribution in [0, 0.1) is 5.82 Å². The molecular weight excluding hydrogens is 369 g/mol. The normalized spacial score (nSPS) is 16.1. The summed E-state index contributed by atoms with van der Waals surface area (Å²) >= 11 is 0. The average molecular weight is 389 g/mol. The second-order valence-electron chi connectivity index (χ2n) is 7.07. The van der Waals surface area contributed by atoms with Gasteiger partial charge in [0.05, 0.1) is 11.6 Å². The zero-order valence-electron chi connectivity index (χ0n) is 15.7. The Bertz CT molecular complexity index is 1040. The maximum absolute atomic E-state index is 14.0. The largest absolute Gasteiger partial charge is 0.368 e. The summed E-state index contributed by atoms with van der Waals surface area (Å²) in [5.74, 6) is -1.38. The van der Waals surface area contributed by atoms with Crippen molar-refractivity contribution in [3.05, 3.63) is 101 Å². The number of pyridine rings is 1. The summed E-state index contributed by atoms with van der Waals surface area (Å²) in [7, 11) is 0. The van der Waals surface area contributed by atoms with Crippen LogP contribution in [0.5, 0.6) is 0 Å². The molecule has 0 radical (unpaired) electrons. The first kappa shape index (κ1) is 18.8. The molecule has 1 aliphatic rings. The minimum Gasteiger partial charge on any atom is -0.368 e. The Morgan fingerprint density at radius 3 is 2.59 bits per heavy atom. The van der Waals surface area contributed by atoms with Crippen LogP contribution in [0.3, 0.4) is 0 Å². The molecule has 2 atom stereocenters. The third kappa shape index (κ3) is 3.61. The Balaban J connectivity index is 1.86. The standard InChI is InChI=1S/C23H20FN3O2/c24-18-10-8-15-9-11-20(19(15)13-18)27(23(29)17-7-4-12-26-14-17)21(22(25)28)16-5-2-1-3-6-16/h1-8,10,12-14,20-21H,9,11H2,(H2,25,28)/t20-,21-/m1/s1. The first-order valence-electron chi connectivity index (χ1n) is 9.41. The van der Waals surface area contributed by atoms with Crippen molar-refractivity contribution < 1.29 is 14.0 Å². The number of benzene rings is 2. The van der Waals surface area contributed by atoms with E-state index in [1.165, 1.54) is 23.2 Å². The zero-order valence-corrected chi connectivity index (χ0v) is 15.7. The maximum Gasteiger partial charge on any atom is 0.256 e. The van der Waals surface area contributed by atoms with Crippen molar-refractivity contribution in [3.8, 4) is 0 Å². The Hall–Kier alpha value is -3.54. The minimum absolute atomic E-state index is 0.347. The van der Waals surface area contributed by atoms with Gasteiger partial charge in [0.2, 0.25) is 5.91 Å². The highest BCUT2D eigenvalue weighted by atomic mass is 19.1. The van der Waals surface area contributed by atoms with Gasteiger partial charge in [-0.15, -0.1) is 0 Å². The number of carbonyl (C=O) groups is 2. The van der Waals surface area contributed by atoms with E-state index in [4.69, 9.17) is 5.73 Å². The third-order valence-corrected chi connectivity index (χ3v) is 5.30. The van der Waals surface area contributed by atoms with E-state index in [1.807, 2.05) is 6.07 Å². The molecule has 146 valence electrons. The molecule has 0 saturated heterocycles. The fourth-order valence-electron chi connectivity index (χ4n) is 4.01. The van der Waals surface area contributed by atoms with Crippen molar-refractivity contribution in [3.63, 3.8) is 0 Å². The van der Waals surface area contributed by atoms with Crippen LogP contribution in [0.15, 0.2) is 73.1 Å². The minimum atomic E-state index is -0.983. The number of rotatable bonds is 5. The zero-order chi connectivity index (χ0) is 20.4. The monoisotopic (exact) mass is 389 g/mol. The molecule has 5 nitrogen and oxygen atoms in total. The SMILES string of the molecule is NC(=O)[C@@H](c1ccccc1)N(C(=O)c1cccnc1)[C@@H]1CCc2ccc(F)cc21. The number of nitrogens with two attached hydrogens (primary N) is 1. The molecule has 0 saturated carbocycles. The van der Waals surface area contributed by atoms with E-state index in [0.717, 1.165) is 5.56 Å². The highest BCUT2D eigenvalue weighted by Gasteiger charge is 2.39. The van der Waals surface area contributed by atoms with Gasteiger partial charge >= 0.3 is 0 Å². The Labute approximate surface area is 168 Å². The quantitative estimate of drug-likeness (QED) is 0.725. The van der Waals surface area contributed by atoms with Crippen molar-refractivity contribution >= 4 is 11.8 Å². The topological polar surface area (TPSA) is 76.3 Å². The fraction of sp³-hybridized carbons (Fsp3) is 0.174. The average Bonchev–Trinajstić information content (AvgIpc) is 3.15. The predicted octanol–water partition coefficient (Wildman–Crippen LogP) is 3.58. The third-order valence-electron chi connectivity index (χ3n) is 5.30. The molecule has 0 unspecified atom stereocenters. The fourth-order valence-corrected chi connectivity index (χ4v) is 4.01. The first-order valence-corrected chi connectivity index (χ1v) is 9.41. The number of aromatic nitrogens is 1. The maximum atomic E-state index is 14.0. The van der Waals surface area contributed by atoms with E-state index in [9.17, 15) is 14.0 Å². The van der Waals surface area contributed by atoms with Crippen LogP contribution in [0.1, 0.15) is 45.6 Å². The van der Waals surface area contributed by atoms with E-state index >= 15 is 0 Å². The molecule has 1 heterocycles. The van der Waals surface area contributed by atoms with Gasteiger partial charge in [-0.05, 0) is 53.8 Å². The number of aryl methyl sites for hydroxylation is 1. The van der Waals surface area contributed by atoms with Gasteiger partial charge in [-0.1, -0.05) is 36.4 Å². The van der Waals surface area contributed by atoms with Crippen LogP contribution in [-0.4, -0.2) is 21.7 Å². The van der Waals surface area contributed by atoms with E-state index in [-0.39, 0.29) is 11.7 Å². The molecule has 29 heavy (non-hydrogen) atoms. The lowest BCUT2D eigenvalue weighted by molar-refractivity contribution is -0.123. The molecule has 0 aliphatic heterocycles. The van der Waals surface area contributed by atoms with Gasteiger partial charge < -0.3 is 10.6 Å². The number of amides is 2. The summed E-state index contributed by atoms with van der Waals surface area (Å²) < 4.78 is 14.0. The van der Waals surface area contributed by atoms with E-state index in [2.05, 4.69) is 4.98 Å². The Morgan fingerprint density at radius 1 is 1.10 bits per heavy atom. The Kier molecular flexibility index (Phi) is 5.08. The molecule has 3 aromatic rings. The van der Waals surface area contributed by atoms with E-state index in [1.54, 1.807) is 48.7 Å². The molecule has 0 spiro atoms. The molecule has 2 aromatic carbocycles. The molecule has 1 aliphatic carbocycles. The van der Waals surface area contributed by atoms with Gasteiger partial charge in [-0.3, -0.25) is 14.6 Å². The summed E-state index contributed by atoms with van der Waals surface area (Å²) in [6.07, 6.45) is 4.31. The van der Waals surface area contributed by atoms with Gasteiger partial charge in [0.25, 0.3) is 5.91 Å². The van der Waals surface area contributed by atoms with Gasteiger partial charge in [-0.25, -0.2) is 4.39 Å². The lowest BCUT2D eigenvalue weighted by atomic mass is 9.98. The highest BCUT2D eigenvalue weighted by Crippen LogP contribution is 2.41. The summed E-state index contributed by atoms with van der Waals surface area (Å²) in [6, 6.07) is 15.4. The molecule has 1 aromatic heterocycles. The molecule has 0 bridgehead atoms. The number of hydrogen-bond acceptors (Lipinski definition) is 3. The van der Waals surface area contributed by atoms with Gasteiger partial charge in [0.1, 0.15) is 11.9 Å². The van der Waals surface area contributed by atoms with Crippen LogP contribution >= 0.6 is 0 Å². The van der Waals surface area contributed by atoms with Crippen molar-refractivity contribution in [2.45, 2.75) is 24.9 Å². The number of nitrogens with zero attached hydrogens (tertiary/aromatic N) is 2. The molecule has 0 fully saturated rings. The van der Waals surface area contributed by atoms with Gasteiger partial charge in [0.15, 0.2) is 0 Å². The second kappa shape index (κ2) is 7.83. The van der Waals surface area contributed by atoms with Crippen molar-refractivity contribution in [2.24, 2.45) is 5.73 Å². The van der Waals surface area contributed by atoms with E-state index in [0.29, 0.717) is 29.5 Å². The van der Waals surface area contributed by atoms with Crippen molar-refractivity contribution in [1.82, 2.24) is 9.88 Å². The van der Waals surface area contributed by atoms with Crippen molar-refractivity contribution in [1.29, 1.82) is 0 Å². The molecule has 4 rings (SSSR count). The Morgan fingerprint density at radius 2 is 1.90 bits per heavy atom. The number of fused-ring (bicyclic) bond motifs is 1. The van der Waals surface area contributed by atoms with Gasteiger partial charge in [-0.2, -0.15) is 0 Å². The van der Waals surface area contributed by atoms with E-state index < -0.39 is 18.0 Å². The lowest BCUT2D eigenvalue weighted by Crippen LogP contribution is -2.43. The summed E-state index contributed by atoms with van der Waals surface area (Å²) in [5.41, 5.74) is 8.42. The lowest BCUT2D eigenvalue weighted by Gasteiger charge is -2.35. The molecule has 2 N–H and O–H groups in total. The van der Waals surface area contributed by atoms with Crippen LogP contribution in [-0.2, 0) is 11.2 Å². The highest BCUT2D eigenvalue weighted by molar-refractivity contribution is 5.97.